The standard InChI is InChI=1S/C31H27N5O.Pt/c1-21-10-12-33-30(16-21)35-14-4-6-23-8-9-24(19-28(23)35)37-25-18-27(32-3)26-7-5-15-36(29(26)20-25)31-17-22(2)11-13-34-31;/h8-13,16-18H,4-7,14-15H2,1-2H3;/q-2;+2. The van der Waals surface area contributed by atoms with Crippen LogP contribution >= 0.6 is 0 Å². The summed E-state index contributed by atoms with van der Waals surface area (Å²) >= 11 is 0. The van der Waals surface area contributed by atoms with Crippen LogP contribution < -0.4 is 14.5 Å². The zero-order chi connectivity index (χ0) is 25.4. The van der Waals surface area contributed by atoms with Gasteiger partial charge in [-0.2, -0.15) is 6.07 Å². The fraction of sp³-hybridized carbons (Fsp3) is 0.258. The maximum atomic E-state index is 7.83. The molecule has 38 heavy (non-hydrogen) atoms. The van der Waals surface area contributed by atoms with Crippen molar-refractivity contribution in [2.45, 2.75) is 39.5 Å². The Morgan fingerprint density at radius 1 is 0.816 bits per heavy atom. The third-order valence-corrected chi connectivity index (χ3v) is 6.96. The Labute approximate surface area is 238 Å². The van der Waals surface area contributed by atoms with Crippen LogP contribution in [-0.4, -0.2) is 23.1 Å². The number of benzene rings is 2. The van der Waals surface area contributed by atoms with Crippen LogP contribution in [0.25, 0.3) is 4.85 Å². The maximum absolute atomic E-state index is 7.83. The van der Waals surface area contributed by atoms with Gasteiger partial charge < -0.3 is 14.5 Å². The van der Waals surface area contributed by atoms with Crippen LogP contribution in [-0.2, 0) is 33.9 Å². The summed E-state index contributed by atoms with van der Waals surface area (Å²) in [4.78, 5) is 17.4. The molecular formula is C31H27N5OPt. The third-order valence-electron chi connectivity index (χ3n) is 6.96. The first-order valence-corrected chi connectivity index (χ1v) is 12.7. The zero-order valence-corrected chi connectivity index (χ0v) is 23.7. The number of fused-ring (bicyclic) bond motifs is 2. The summed E-state index contributed by atoms with van der Waals surface area (Å²) < 4.78 is 6.32. The Balaban J connectivity index is 0.00000294. The molecule has 0 N–H and O–H groups in total. The summed E-state index contributed by atoms with van der Waals surface area (Å²) in [5.74, 6) is 2.90. The topological polar surface area (TPSA) is 45.9 Å². The number of anilines is 4. The molecule has 0 saturated heterocycles. The van der Waals surface area contributed by atoms with Gasteiger partial charge in [-0.05, 0) is 62.1 Å². The van der Waals surface area contributed by atoms with E-state index in [-0.39, 0.29) is 21.1 Å². The fourth-order valence-electron chi connectivity index (χ4n) is 5.17. The van der Waals surface area contributed by atoms with E-state index in [0.717, 1.165) is 72.9 Å². The van der Waals surface area contributed by atoms with E-state index in [1.807, 2.05) is 30.6 Å². The van der Waals surface area contributed by atoms with Gasteiger partial charge in [0.2, 0.25) is 0 Å². The van der Waals surface area contributed by atoms with E-state index in [2.05, 4.69) is 68.8 Å². The van der Waals surface area contributed by atoms with Gasteiger partial charge >= 0.3 is 21.1 Å². The maximum Gasteiger partial charge on any atom is 2.00 e. The first kappa shape index (κ1) is 25.9. The number of rotatable bonds is 4. The molecular weight excluding hydrogens is 653 g/mol. The molecule has 0 fully saturated rings. The van der Waals surface area contributed by atoms with Crippen molar-refractivity contribution in [3.05, 3.63) is 101 Å². The van der Waals surface area contributed by atoms with E-state index in [1.165, 1.54) is 11.1 Å². The second kappa shape index (κ2) is 11.0. The second-order valence-corrected chi connectivity index (χ2v) is 9.65. The van der Waals surface area contributed by atoms with E-state index in [0.29, 0.717) is 17.2 Å². The molecule has 6 nitrogen and oxygen atoms in total. The molecule has 6 rings (SSSR count). The van der Waals surface area contributed by atoms with Gasteiger partial charge in [-0.25, -0.2) is 9.97 Å². The quantitative estimate of drug-likeness (QED) is 0.214. The SMILES string of the molecule is [C-]#[N+]c1cc(Oc2[c-]c3c(cc2)CCCN3c2cc(C)ccn2)[c-]c2c1CCCN2c1cc(C)ccn1.[Pt+2]. The van der Waals surface area contributed by atoms with Gasteiger partial charge in [0.25, 0.3) is 0 Å². The predicted octanol–water partition coefficient (Wildman–Crippen LogP) is 7.20. The molecule has 192 valence electrons. The fourth-order valence-corrected chi connectivity index (χ4v) is 5.17. The number of nitrogens with zero attached hydrogens (tertiary/aromatic N) is 5. The predicted molar refractivity (Wildman–Crippen MR) is 145 cm³/mol. The first-order valence-electron chi connectivity index (χ1n) is 12.7. The van der Waals surface area contributed by atoms with E-state index < -0.39 is 0 Å². The average Bonchev–Trinajstić information content (AvgIpc) is 2.92. The van der Waals surface area contributed by atoms with Crippen molar-refractivity contribution < 1.29 is 25.8 Å². The molecule has 0 spiro atoms. The number of aromatic nitrogens is 2. The molecule has 0 aliphatic carbocycles. The van der Waals surface area contributed by atoms with Gasteiger partial charge in [-0.15, -0.1) is 35.4 Å². The van der Waals surface area contributed by atoms with Gasteiger partial charge in [0, 0.05) is 37.0 Å². The summed E-state index contributed by atoms with van der Waals surface area (Å²) in [6.07, 6.45) is 7.54. The minimum Gasteiger partial charge on any atom is -0.510 e. The van der Waals surface area contributed by atoms with E-state index in [1.54, 1.807) is 6.07 Å². The molecule has 0 bridgehead atoms. The van der Waals surface area contributed by atoms with Crippen LogP contribution in [0.4, 0.5) is 28.7 Å². The first-order chi connectivity index (χ1) is 18.1. The third kappa shape index (κ3) is 5.04. The van der Waals surface area contributed by atoms with Gasteiger partial charge in [0.05, 0.1) is 12.3 Å². The smallest absolute Gasteiger partial charge is 0.510 e. The van der Waals surface area contributed by atoms with Crippen molar-refractivity contribution in [2.75, 3.05) is 22.9 Å². The molecule has 2 aliphatic rings. The number of ether oxygens (including phenoxy) is 1. The van der Waals surface area contributed by atoms with Crippen molar-refractivity contribution in [1.29, 1.82) is 0 Å². The average molecular weight is 681 g/mol. The Kier molecular flexibility index (Phi) is 7.49. The van der Waals surface area contributed by atoms with Crippen LogP contribution in [0.15, 0.2) is 54.9 Å². The minimum atomic E-state index is 0. The van der Waals surface area contributed by atoms with Crippen LogP contribution in [0.5, 0.6) is 11.5 Å². The Morgan fingerprint density at radius 2 is 1.45 bits per heavy atom. The molecule has 0 amide bonds. The minimum absolute atomic E-state index is 0. The molecule has 2 aromatic heterocycles. The van der Waals surface area contributed by atoms with E-state index in [4.69, 9.17) is 11.3 Å². The monoisotopic (exact) mass is 680 g/mol. The van der Waals surface area contributed by atoms with E-state index in [9.17, 15) is 0 Å². The van der Waals surface area contributed by atoms with Crippen molar-refractivity contribution in [3.8, 4) is 11.5 Å². The van der Waals surface area contributed by atoms with Crippen molar-refractivity contribution >= 4 is 28.7 Å². The van der Waals surface area contributed by atoms with Gasteiger partial charge in [-0.1, -0.05) is 24.2 Å². The van der Waals surface area contributed by atoms with Crippen molar-refractivity contribution in [3.63, 3.8) is 0 Å². The molecule has 2 aliphatic heterocycles. The number of pyridine rings is 2. The van der Waals surface area contributed by atoms with Crippen LogP contribution in [0.3, 0.4) is 0 Å². The molecule has 2 aromatic carbocycles. The van der Waals surface area contributed by atoms with Crippen LogP contribution in [0, 0.1) is 32.6 Å². The van der Waals surface area contributed by atoms with Crippen LogP contribution in [0.2, 0.25) is 0 Å². The van der Waals surface area contributed by atoms with Gasteiger partial charge in [0.15, 0.2) is 0 Å². The number of hydrogen-bond donors (Lipinski definition) is 0. The molecule has 0 unspecified atom stereocenters. The molecule has 4 heterocycles. The molecule has 7 heteroatoms. The molecule has 0 radical (unpaired) electrons. The van der Waals surface area contributed by atoms with Gasteiger partial charge in [-0.3, -0.25) is 4.85 Å². The summed E-state index contributed by atoms with van der Waals surface area (Å²) in [7, 11) is 0. The molecule has 0 atom stereocenters. The largest absolute Gasteiger partial charge is 2.00 e. The van der Waals surface area contributed by atoms with Gasteiger partial charge in [0.1, 0.15) is 11.6 Å². The van der Waals surface area contributed by atoms with Crippen molar-refractivity contribution in [1.82, 2.24) is 9.97 Å². The number of aryl methyl sites for hydroxylation is 3. The summed E-state index contributed by atoms with van der Waals surface area (Å²) in [6, 6.07) is 21.0. The van der Waals surface area contributed by atoms with Crippen molar-refractivity contribution in [2.24, 2.45) is 0 Å². The summed E-state index contributed by atoms with van der Waals surface area (Å²) in [6.45, 7) is 13.7. The Hall–Kier alpha value is -3.68. The second-order valence-electron chi connectivity index (χ2n) is 9.65. The molecule has 4 aromatic rings. The molecule has 0 saturated carbocycles. The Bertz CT molecular complexity index is 1530. The normalized spacial score (nSPS) is 14.1. The van der Waals surface area contributed by atoms with E-state index >= 15 is 0 Å². The Morgan fingerprint density at radius 3 is 2.11 bits per heavy atom. The van der Waals surface area contributed by atoms with Crippen LogP contribution in [0.1, 0.15) is 35.1 Å². The summed E-state index contributed by atoms with van der Waals surface area (Å²) in [5.41, 5.74) is 7.02. The zero-order valence-electron chi connectivity index (χ0n) is 21.4. The number of hydrogen-bond acceptors (Lipinski definition) is 5. The summed E-state index contributed by atoms with van der Waals surface area (Å²) in [5, 5.41) is 0.